The summed E-state index contributed by atoms with van der Waals surface area (Å²) in [5.74, 6) is -1.57. The molecule has 198 valence electrons. The van der Waals surface area contributed by atoms with Crippen molar-refractivity contribution in [1.82, 2.24) is 19.0 Å². The number of aromatic nitrogens is 2. The van der Waals surface area contributed by atoms with E-state index in [2.05, 4.69) is 10.1 Å². The van der Waals surface area contributed by atoms with Gasteiger partial charge in [0.1, 0.15) is 17.0 Å². The lowest BCUT2D eigenvalue weighted by molar-refractivity contribution is -0.137. The van der Waals surface area contributed by atoms with Gasteiger partial charge in [-0.2, -0.15) is 23.5 Å². The first-order chi connectivity index (χ1) is 16.3. The SMILES string of the molecule is CN(C)C=Nc1c(C(CS(N)(=O)=O)S(=O)(=O)N(C)C)c(C#N)nn1-c1c(Cl)cc(C(F)(F)F)cc1Cl. The number of benzene rings is 1. The first kappa shape index (κ1) is 29.8. The summed E-state index contributed by atoms with van der Waals surface area (Å²) in [5.41, 5.74) is -2.58. The molecule has 1 aromatic heterocycles. The summed E-state index contributed by atoms with van der Waals surface area (Å²) in [6.45, 7) is 0. The van der Waals surface area contributed by atoms with E-state index < -0.39 is 69.9 Å². The number of alkyl halides is 3. The van der Waals surface area contributed by atoms with Gasteiger partial charge >= 0.3 is 6.18 Å². The van der Waals surface area contributed by atoms with Crippen LogP contribution in [-0.4, -0.2) is 76.1 Å². The quantitative estimate of drug-likeness (QED) is 0.366. The Labute approximate surface area is 215 Å². The summed E-state index contributed by atoms with van der Waals surface area (Å²) in [6, 6.07) is 2.79. The predicted molar refractivity (Wildman–Crippen MR) is 128 cm³/mol. The highest BCUT2D eigenvalue weighted by molar-refractivity contribution is 7.93. The molecule has 0 amide bonds. The highest BCUT2D eigenvalue weighted by Gasteiger charge is 2.40. The van der Waals surface area contributed by atoms with Crippen LogP contribution in [0.2, 0.25) is 10.0 Å². The number of aliphatic imine (C=N–C) groups is 1. The molecule has 0 saturated carbocycles. The summed E-state index contributed by atoms with van der Waals surface area (Å²) >= 11 is 12.2. The van der Waals surface area contributed by atoms with E-state index in [1.54, 1.807) is 20.2 Å². The second-order valence-corrected chi connectivity index (χ2v) is 12.6. The van der Waals surface area contributed by atoms with Gasteiger partial charge in [0.2, 0.25) is 20.0 Å². The minimum Gasteiger partial charge on any atom is -0.369 e. The van der Waals surface area contributed by atoms with Crippen LogP contribution in [0.5, 0.6) is 0 Å². The van der Waals surface area contributed by atoms with Crippen molar-refractivity contribution in [3.05, 3.63) is 39.0 Å². The van der Waals surface area contributed by atoms with E-state index in [1.165, 1.54) is 11.2 Å². The van der Waals surface area contributed by atoms with Crippen LogP contribution in [-0.2, 0) is 26.2 Å². The molecule has 18 heteroatoms. The fourth-order valence-electron chi connectivity index (χ4n) is 2.97. The standard InChI is InChI=1S/C18H20Cl2F3N7O4S2/c1-28(2)9-26-17-15(14(8-35(25,31)32)36(33,34)29(3)4)13(7-24)27-30(17)16-11(19)5-10(6-12(16)20)18(21,22)23/h5-6,9,14H,8H2,1-4H3,(H2,25,31,32). The van der Waals surface area contributed by atoms with Gasteiger partial charge in [-0.05, 0) is 12.1 Å². The molecule has 0 fully saturated rings. The number of nitrogens with two attached hydrogens (primary N) is 1. The van der Waals surface area contributed by atoms with Gasteiger partial charge in [-0.3, -0.25) is 0 Å². The van der Waals surface area contributed by atoms with Gasteiger partial charge in [0, 0.05) is 28.2 Å². The fraction of sp³-hybridized carbons (Fsp3) is 0.389. The smallest absolute Gasteiger partial charge is 0.369 e. The number of primary sulfonamides is 1. The molecule has 0 aliphatic rings. The van der Waals surface area contributed by atoms with Crippen LogP contribution < -0.4 is 5.14 Å². The Hall–Kier alpha value is -2.42. The van der Waals surface area contributed by atoms with Crippen molar-refractivity contribution in [2.24, 2.45) is 10.1 Å². The van der Waals surface area contributed by atoms with Gasteiger partial charge in [-0.25, -0.2) is 36.0 Å². The normalized spacial score (nSPS) is 13.8. The van der Waals surface area contributed by atoms with Gasteiger partial charge in [-0.1, -0.05) is 23.2 Å². The molecule has 0 aliphatic heterocycles. The van der Waals surface area contributed by atoms with E-state index in [9.17, 15) is 35.3 Å². The van der Waals surface area contributed by atoms with Gasteiger partial charge in [0.15, 0.2) is 11.5 Å². The molecule has 2 rings (SSSR count). The molecule has 1 atom stereocenters. The van der Waals surface area contributed by atoms with Crippen LogP contribution in [0, 0.1) is 11.3 Å². The average Bonchev–Trinajstić information content (AvgIpc) is 3.06. The molecule has 2 N–H and O–H groups in total. The summed E-state index contributed by atoms with van der Waals surface area (Å²) in [6.07, 6.45) is -3.62. The van der Waals surface area contributed by atoms with E-state index in [-0.39, 0.29) is 5.69 Å². The maximum absolute atomic E-state index is 13.2. The number of rotatable bonds is 8. The molecular formula is C18H20Cl2F3N7O4S2. The number of halogens is 5. The van der Waals surface area contributed by atoms with Gasteiger partial charge in [-0.15, -0.1) is 0 Å². The predicted octanol–water partition coefficient (Wildman–Crippen LogP) is 2.51. The molecule has 0 aliphatic carbocycles. The Kier molecular flexibility index (Phi) is 8.71. The van der Waals surface area contributed by atoms with Crippen LogP contribution in [0.15, 0.2) is 17.1 Å². The zero-order valence-corrected chi connectivity index (χ0v) is 22.3. The highest BCUT2D eigenvalue weighted by atomic mass is 35.5. The molecule has 0 saturated heterocycles. The van der Waals surface area contributed by atoms with E-state index in [0.717, 1.165) is 23.1 Å². The fourth-order valence-corrected chi connectivity index (χ4v) is 6.48. The van der Waals surface area contributed by atoms with E-state index in [4.69, 9.17) is 28.3 Å². The third-order valence-corrected chi connectivity index (χ3v) is 8.27. The van der Waals surface area contributed by atoms with Crippen LogP contribution in [0.25, 0.3) is 5.69 Å². The number of hydrogen-bond acceptors (Lipinski definition) is 7. The third kappa shape index (κ3) is 6.47. The first-order valence-electron chi connectivity index (χ1n) is 9.53. The zero-order chi connectivity index (χ0) is 27.8. The lowest BCUT2D eigenvalue weighted by Crippen LogP contribution is -2.34. The zero-order valence-electron chi connectivity index (χ0n) is 19.1. The van der Waals surface area contributed by atoms with E-state index in [0.29, 0.717) is 12.1 Å². The largest absolute Gasteiger partial charge is 0.416 e. The van der Waals surface area contributed by atoms with E-state index in [1.807, 2.05) is 0 Å². The lowest BCUT2D eigenvalue weighted by atomic mass is 10.1. The van der Waals surface area contributed by atoms with Crippen LogP contribution in [0.3, 0.4) is 0 Å². The number of nitriles is 1. The third-order valence-electron chi connectivity index (χ3n) is 4.54. The summed E-state index contributed by atoms with van der Waals surface area (Å²) in [5, 5.41) is 15.8. The Morgan fingerprint density at radius 3 is 2.11 bits per heavy atom. The molecule has 2 aromatic rings. The van der Waals surface area contributed by atoms with Crippen molar-refractivity contribution in [3.8, 4) is 11.8 Å². The first-order valence-corrected chi connectivity index (χ1v) is 13.5. The number of sulfonamides is 2. The van der Waals surface area contributed by atoms with Crippen molar-refractivity contribution in [3.63, 3.8) is 0 Å². The second kappa shape index (κ2) is 10.5. The Bertz CT molecular complexity index is 1430. The Balaban J connectivity index is 3.06. The van der Waals surface area contributed by atoms with Crippen molar-refractivity contribution in [2.45, 2.75) is 11.4 Å². The topological polar surface area (TPSA) is 155 Å². The summed E-state index contributed by atoms with van der Waals surface area (Å²) in [4.78, 5) is 5.53. The number of nitrogens with zero attached hydrogens (tertiary/aromatic N) is 6. The van der Waals surface area contributed by atoms with E-state index >= 15 is 0 Å². The van der Waals surface area contributed by atoms with Crippen LogP contribution in [0.1, 0.15) is 22.1 Å². The molecule has 0 spiro atoms. The van der Waals surface area contributed by atoms with Crippen LogP contribution >= 0.6 is 23.2 Å². The molecule has 0 bridgehead atoms. The Morgan fingerprint density at radius 2 is 1.72 bits per heavy atom. The lowest BCUT2D eigenvalue weighted by Gasteiger charge is -2.21. The monoisotopic (exact) mass is 589 g/mol. The van der Waals surface area contributed by atoms with Crippen molar-refractivity contribution >= 4 is 55.4 Å². The minimum absolute atomic E-state index is 0.350. The average molecular weight is 590 g/mol. The van der Waals surface area contributed by atoms with Crippen molar-refractivity contribution < 1.29 is 30.0 Å². The highest BCUT2D eigenvalue weighted by Crippen LogP contribution is 2.42. The number of hydrogen-bond donors (Lipinski definition) is 1. The van der Waals surface area contributed by atoms with Gasteiger partial charge in [0.05, 0.1) is 33.3 Å². The van der Waals surface area contributed by atoms with Crippen molar-refractivity contribution in [2.75, 3.05) is 33.9 Å². The molecule has 1 aromatic carbocycles. The molecular weight excluding hydrogens is 570 g/mol. The molecule has 1 unspecified atom stereocenters. The minimum atomic E-state index is -4.79. The second-order valence-electron chi connectivity index (χ2n) is 7.75. The molecule has 1 heterocycles. The van der Waals surface area contributed by atoms with Gasteiger partial charge < -0.3 is 4.90 Å². The molecule has 0 radical (unpaired) electrons. The summed E-state index contributed by atoms with van der Waals surface area (Å²) in [7, 11) is -3.55. The van der Waals surface area contributed by atoms with Crippen molar-refractivity contribution in [1.29, 1.82) is 5.26 Å². The van der Waals surface area contributed by atoms with Crippen LogP contribution in [0.4, 0.5) is 19.0 Å². The maximum atomic E-state index is 13.2. The Morgan fingerprint density at radius 1 is 1.19 bits per heavy atom. The molecule has 36 heavy (non-hydrogen) atoms. The molecule has 11 nitrogen and oxygen atoms in total. The van der Waals surface area contributed by atoms with Gasteiger partial charge in [0.25, 0.3) is 0 Å². The summed E-state index contributed by atoms with van der Waals surface area (Å²) < 4.78 is 91.3. The maximum Gasteiger partial charge on any atom is 0.416 e.